The summed E-state index contributed by atoms with van der Waals surface area (Å²) in [5.41, 5.74) is 6.33. The van der Waals surface area contributed by atoms with Crippen molar-refractivity contribution in [2.45, 2.75) is 17.9 Å². The monoisotopic (exact) mass is 353 g/mol. The molecule has 0 saturated carbocycles. The average Bonchev–Trinajstić information content (AvgIpc) is 2.91. The Balaban J connectivity index is 1.88. The second-order valence-corrected chi connectivity index (χ2v) is 7.68. The zero-order chi connectivity index (χ0) is 16.4. The molecule has 0 radical (unpaired) electrons. The van der Waals surface area contributed by atoms with Gasteiger partial charge in [0.2, 0.25) is 0 Å². The zero-order valence-corrected chi connectivity index (χ0v) is 15.0. The van der Waals surface area contributed by atoms with Crippen LogP contribution in [0.4, 0.5) is 0 Å². The molecule has 4 heteroatoms. The number of hydrogen-bond donors (Lipinski definition) is 0. The number of nitrogens with zero attached hydrogens (tertiary/aromatic N) is 1. The highest BCUT2D eigenvalue weighted by Gasteiger charge is 2.36. The van der Waals surface area contributed by atoms with Gasteiger partial charge in [-0.25, -0.2) is 0 Å². The number of ether oxygens (including phenoxy) is 1. The first-order valence-corrected chi connectivity index (χ1v) is 9.27. The van der Waals surface area contributed by atoms with E-state index in [1.165, 1.54) is 32.6 Å². The molecule has 5 rings (SSSR count). The van der Waals surface area contributed by atoms with Gasteiger partial charge >= 0.3 is 0 Å². The lowest BCUT2D eigenvalue weighted by Gasteiger charge is -2.33. The number of aromatic nitrogens is 1. The van der Waals surface area contributed by atoms with Crippen LogP contribution in [0.15, 0.2) is 52.4 Å². The molecular weight excluding hydrogens is 338 g/mol. The lowest BCUT2D eigenvalue weighted by molar-refractivity contribution is 0.324. The van der Waals surface area contributed by atoms with E-state index in [1.54, 1.807) is 11.8 Å². The van der Waals surface area contributed by atoms with Crippen molar-refractivity contribution in [3.63, 3.8) is 0 Å². The molecule has 2 aliphatic rings. The first-order valence-electron chi connectivity index (χ1n) is 8.01. The first-order chi connectivity index (χ1) is 11.7. The molecule has 1 aromatic heterocycles. The van der Waals surface area contributed by atoms with E-state index in [0.29, 0.717) is 6.61 Å². The van der Waals surface area contributed by atoms with Crippen LogP contribution < -0.4 is 4.74 Å². The Morgan fingerprint density at radius 3 is 2.88 bits per heavy atom. The van der Waals surface area contributed by atoms with Crippen molar-refractivity contribution in [3.05, 3.63) is 69.1 Å². The molecule has 0 saturated heterocycles. The van der Waals surface area contributed by atoms with Crippen molar-refractivity contribution in [1.29, 1.82) is 0 Å². The number of para-hydroxylation sites is 1. The molecule has 2 aromatic carbocycles. The zero-order valence-electron chi connectivity index (χ0n) is 13.5. The summed E-state index contributed by atoms with van der Waals surface area (Å²) in [5.74, 6) is 1.19. The fourth-order valence-electron chi connectivity index (χ4n) is 3.98. The minimum absolute atomic E-state index is 0.231. The first kappa shape index (κ1) is 14.5. The molecule has 0 aliphatic carbocycles. The van der Waals surface area contributed by atoms with Crippen molar-refractivity contribution < 1.29 is 4.74 Å². The lowest BCUT2D eigenvalue weighted by atomic mass is 9.81. The van der Waals surface area contributed by atoms with E-state index < -0.39 is 0 Å². The van der Waals surface area contributed by atoms with Gasteiger partial charge in [-0.05, 0) is 41.7 Å². The summed E-state index contributed by atoms with van der Waals surface area (Å²) >= 11 is 8.24. The van der Waals surface area contributed by atoms with Crippen LogP contribution in [-0.4, -0.2) is 11.2 Å². The largest absolute Gasteiger partial charge is 0.489 e. The normalized spacial score (nSPS) is 18.5. The highest BCUT2D eigenvalue weighted by molar-refractivity contribution is 8.02. The van der Waals surface area contributed by atoms with Gasteiger partial charge in [0.05, 0.1) is 5.03 Å². The molecule has 1 atom stereocenters. The van der Waals surface area contributed by atoms with Crippen LogP contribution in [0.25, 0.3) is 10.9 Å². The van der Waals surface area contributed by atoms with Crippen LogP contribution in [0.3, 0.4) is 0 Å². The Morgan fingerprint density at radius 2 is 2.00 bits per heavy atom. The molecule has 24 heavy (non-hydrogen) atoms. The molecular formula is C20H16ClNOS. The van der Waals surface area contributed by atoms with Crippen LogP contribution in [-0.2, 0) is 7.05 Å². The molecule has 2 aliphatic heterocycles. The van der Waals surface area contributed by atoms with E-state index in [1.807, 2.05) is 12.1 Å². The molecule has 1 unspecified atom stereocenters. The molecule has 120 valence electrons. The van der Waals surface area contributed by atoms with E-state index in [-0.39, 0.29) is 5.92 Å². The number of halogens is 1. The van der Waals surface area contributed by atoms with Crippen LogP contribution in [0.2, 0.25) is 5.02 Å². The van der Waals surface area contributed by atoms with Crippen molar-refractivity contribution in [1.82, 2.24) is 4.57 Å². The van der Waals surface area contributed by atoms with Gasteiger partial charge in [-0.1, -0.05) is 41.6 Å². The Morgan fingerprint density at radius 1 is 1.17 bits per heavy atom. The van der Waals surface area contributed by atoms with Gasteiger partial charge in [-0.15, -0.1) is 0 Å². The highest BCUT2D eigenvalue weighted by atomic mass is 35.5. The molecule has 3 heterocycles. The summed E-state index contributed by atoms with van der Waals surface area (Å²) in [5, 5.41) is 5.70. The summed E-state index contributed by atoms with van der Waals surface area (Å²) in [6.45, 7) is 2.74. The van der Waals surface area contributed by atoms with Crippen LogP contribution in [0, 0.1) is 6.92 Å². The summed E-state index contributed by atoms with van der Waals surface area (Å²) in [7, 11) is 2.15. The van der Waals surface area contributed by atoms with Crippen LogP contribution in [0.5, 0.6) is 5.75 Å². The minimum Gasteiger partial charge on any atom is -0.489 e. The SMILES string of the molecule is Cc1c(Cl)ccc2c1C1C(=CSc3c1c1ccccc1n3C)CO2. The Bertz CT molecular complexity index is 1030. The number of aryl methyl sites for hydroxylation is 1. The van der Waals surface area contributed by atoms with Gasteiger partial charge in [0.15, 0.2) is 0 Å². The third-order valence-corrected chi connectivity index (χ3v) is 6.71. The van der Waals surface area contributed by atoms with Crippen LogP contribution in [0.1, 0.15) is 22.6 Å². The second kappa shape index (κ2) is 5.08. The fraction of sp³-hybridized carbons (Fsp3) is 0.200. The third-order valence-electron chi connectivity index (χ3n) is 5.16. The second-order valence-electron chi connectivity index (χ2n) is 6.41. The summed E-state index contributed by atoms with van der Waals surface area (Å²) in [6.07, 6.45) is 0. The van der Waals surface area contributed by atoms with E-state index in [4.69, 9.17) is 16.3 Å². The number of benzene rings is 2. The van der Waals surface area contributed by atoms with Crippen molar-refractivity contribution in [2.24, 2.45) is 7.05 Å². The van der Waals surface area contributed by atoms with E-state index in [9.17, 15) is 0 Å². The lowest BCUT2D eigenvalue weighted by Crippen LogP contribution is -2.21. The highest BCUT2D eigenvalue weighted by Crippen LogP contribution is 2.53. The Labute approximate surface area is 150 Å². The smallest absolute Gasteiger partial charge is 0.124 e. The van der Waals surface area contributed by atoms with Gasteiger partial charge in [-0.2, -0.15) is 0 Å². The number of fused-ring (bicyclic) bond motifs is 7. The maximum atomic E-state index is 6.44. The topological polar surface area (TPSA) is 14.2 Å². The van der Waals surface area contributed by atoms with E-state index in [0.717, 1.165) is 16.3 Å². The van der Waals surface area contributed by atoms with E-state index >= 15 is 0 Å². The molecule has 0 spiro atoms. The van der Waals surface area contributed by atoms with Gasteiger partial charge in [0.1, 0.15) is 12.4 Å². The van der Waals surface area contributed by atoms with Gasteiger partial charge in [-0.3, -0.25) is 0 Å². The predicted octanol–water partition coefficient (Wildman–Crippen LogP) is 5.65. The minimum atomic E-state index is 0.231. The van der Waals surface area contributed by atoms with Crippen molar-refractivity contribution >= 4 is 34.3 Å². The summed E-state index contributed by atoms with van der Waals surface area (Å²) in [6, 6.07) is 12.6. The molecule has 2 nitrogen and oxygen atoms in total. The standard InChI is InChI=1S/C20H16ClNOS/c1-11-14(21)7-8-16-17(11)18-12(9-23-16)10-24-20-19(18)13-5-3-4-6-15(13)22(20)2/h3-8,10,18H,9H2,1-2H3. The summed E-state index contributed by atoms with van der Waals surface area (Å²) in [4.78, 5) is 0. The Kier molecular flexibility index (Phi) is 3.07. The molecule has 0 amide bonds. The maximum absolute atomic E-state index is 6.44. The molecule has 0 fully saturated rings. The molecule has 0 bridgehead atoms. The van der Waals surface area contributed by atoms with Crippen molar-refractivity contribution in [3.8, 4) is 5.75 Å². The summed E-state index contributed by atoms with van der Waals surface area (Å²) < 4.78 is 8.32. The quantitative estimate of drug-likeness (QED) is 0.518. The average molecular weight is 354 g/mol. The van der Waals surface area contributed by atoms with Gasteiger partial charge in [0.25, 0.3) is 0 Å². The maximum Gasteiger partial charge on any atom is 0.124 e. The van der Waals surface area contributed by atoms with Crippen molar-refractivity contribution in [2.75, 3.05) is 6.61 Å². The third kappa shape index (κ3) is 1.80. The molecule has 3 aromatic rings. The number of rotatable bonds is 0. The molecule has 0 N–H and O–H groups in total. The number of hydrogen-bond acceptors (Lipinski definition) is 2. The predicted molar refractivity (Wildman–Crippen MR) is 100 cm³/mol. The number of thioether (sulfide) groups is 1. The Hall–Kier alpha value is -1.84. The van der Waals surface area contributed by atoms with Gasteiger partial charge in [0, 0.05) is 40.0 Å². The van der Waals surface area contributed by atoms with Gasteiger partial charge < -0.3 is 9.30 Å². The fourth-order valence-corrected chi connectivity index (χ4v) is 5.22. The van der Waals surface area contributed by atoms with Crippen LogP contribution >= 0.6 is 23.4 Å². The van der Waals surface area contributed by atoms with E-state index in [2.05, 4.69) is 48.2 Å².